The van der Waals surface area contributed by atoms with E-state index in [0.29, 0.717) is 9.13 Å². The molecule has 16 heteroatoms. The smallest absolute Gasteiger partial charge is 0.390 e. The zero-order valence-electron chi connectivity index (χ0n) is 18.7. The number of imidazole rings is 1. The minimum Gasteiger partial charge on any atom is -0.460 e. The largest absolute Gasteiger partial charge is 0.460 e. The highest BCUT2D eigenvalue weighted by atomic mass is 35.5. The van der Waals surface area contributed by atoms with Crippen LogP contribution in [0, 0.1) is 0 Å². The maximum atomic E-state index is 15.5. The number of nitrogens with two attached hydrogens (primary N) is 1. The molecule has 3 heterocycles. The Hall–Kier alpha value is -2.94. The Morgan fingerprint density at radius 2 is 1.91 bits per heavy atom. The Bertz CT molecular complexity index is 1190. The maximum absolute atomic E-state index is 15.5. The predicted octanol–water partition coefficient (Wildman–Crippen LogP) is 2.29. The lowest BCUT2D eigenvalue weighted by Crippen LogP contribution is -2.40. The molecule has 0 aliphatic carbocycles. The lowest BCUT2D eigenvalue weighted by molar-refractivity contribution is -0.159. The fourth-order valence-corrected chi connectivity index (χ4v) is 4.17. The summed E-state index contributed by atoms with van der Waals surface area (Å²) >= 11 is 6.07. The molecular formula is C19H22ClF4N5O6. The molecule has 1 aliphatic heterocycles. The van der Waals surface area contributed by atoms with Crippen molar-refractivity contribution in [3.8, 4) is 0 Å². The summed E-state index contributed by atoms with van der Waals surface area (Å²) in [6.07, 6.45) is -14.0. The van der Waals surface area contributed by atoms with Gasteiger partial charge in [0.1, 0.15) is 17.7 Å². The first-order valence-corrected chi connectivity index (χ1v) is 10.8. The molecule has 0 unspecified atom stereocenters. The summed E-state index contributed by atoms with van der Waals surface area (Å²) in [7, 11) is 0. The number of carbonyl (C=O) groups is 2. The number of halogens is 5. The molecule has 0 spiro atoms. The summed E-state index contributed by atoms with van der Waals surface area (Å²) in [6, 6.07) is 0. The minimum atomic E-state index is -4.62. The summed E-state index contributed by atoms with van der Waals surface area (Å²) in [5.74, 6) is -2.08. The summed E-state index contributed by atoms with van der Waals surface area (Å²) in [5, 5.41) is -0.424. The van der Waals surface area contributed by atoms with Crippen molar-refractivity contribution >= 4 is 40.7 Å². The molecule has 1 fully saturated rings. The van der Waals surface area contributed by atoms with Gasteiger partial charge in [-0.2, -0.15) is 23.1 Å². The summed E-state index contributed by atoms with van der Waals surface area (Å²) in [5.41, 5.74) is 3.85. The van der Waals surface area contributed by atoms with Crippen LogP contribution in [0.1, 0.15) is 39.8 Å². The standard InChI is InChI=1S/C19H22ClF4N5O6/c1-4-9(33-7(2)30)12-10(21)13(34-8(3)31)16(35-12)29-15-11(14(20)26-17(25)27-15)28(18(29)32)6-5-19(22,23)24/h9-10,12-13,16H,4-6H2,1-3H3,(H2,25,26,27)/t9-,10-,12+,13+,16+/m0/s1. The van der Waals surface area contributed by atoms with Crippen LogP contribution in [0.4, 0.5) is 23.5 Å². The van der Waals surface area contributed by atoms with E-state index in [1.54, 1.807) is 6.92 Å². The van der Waals surface area contributed by atoms with Gasteiger partial charge in [0.25, 0.3) is 0 Å². The van der Waals surface area contributed by atoms with E-state index in [9.17, 15) is 27.6 Å². The van der Waals surface area contributed by atoms with Crippen molar-refractivity contribution in [2.75, 3.05) is 5.73 Å². The third-order valence-electron chi connectivity index (χ3n) is 5.24. The molecule has 11 nitrogen and oxygen atoms in total. The molecule has 2 N–H and O–H groups in total. The second-order valence-corrected chi connectivity index (χ2v) is 8.14. The fourth-order valence-electron chi connectivity index (χ4n) is 3.89. The van der Waals surface area contributed by atoms with Gasteiger partial charge in [0.2, 0.25) is 5.95 Å². The number of anilines is 1. The molecule has 3 rings (SSSR count). The highest BCUT2D eigenvalue weighted by Gasteiger charge is 2.53. The molecule has 1 saturated heterocycles. The van der Waals surface area contributed by atoms with Crippen LogP contribution in [0.15, 0.2) is 4.79 Å². The second-order valence-electron chi connectivity index (χ2n) is 7.78. The Morgan fingerprint density at radius 1 is 1.26 bits per heavy atom. The number of carbonyl (C=O) groups excluding carboxylic acids is 2. The number of ether oxygens (including phenoxy) is 3. The average Bonchev–Trinajstić information content (AvgIpc) is 3.17. The van der Waals surface area contributed by atoms with E-state index in [0.717, 1.165) is 13.8 Å². The normalized spacial score (nSPS) is 23.4. The van der Waals surface area contributed by atoms with Crippen LogP contribution in [0.2, 0.25) is 5.15 Å². The van der Waals surface area contributed by atoms with Crippen molar-refractivity contribution in [3.05, 3.63) is 15.6 Å². The average molecular weight is 528 g/mol. The molecule has 2 aromatic heterocycles. The first-order valence-electron chi connectivity index (χ1n) is 10.4. The van der Waals surface area contributed by atoms with E-state index >= 15 is 4.39 Å². The van der Waals surface area contributed by atoms with Gasteiger partial charge in [-0.25, -0.2) is 13.8 Å². The van der Waals surface area contributed by atoms with Crippen LogP contribution in [0.3, 0.4) is 0 Å². The number of fused-ring (bicyclic) bond motifs is 1. The first kappa shape index (κ1) is 26.7. The van der Waals surface area contributed by atoms with Crippen molar-refractivity contribution in [2.24, 2.45) is 0 Å². The van der Waals surface area contributed by atoms with Gasteiger partial charge < -0.3 is 19.9 Å². The number of hydrogen-bond donors (Lipinski definition) is 1. The van der Waals surface area contributed by atoms with Crippen LogP contribution in [0.5, 0.6) is 0 Å². The summed E-state index contributed by atoms with van der Waals surface area (Å²) in [4.78, 5) is 44.0. The molecule has 0 radical (unpaired) electrons. The minimum absolute atomic E-state index is 0.105. The van der Waals surface area contributed by atoms with Gasteiger partial charge in [0.15, 0.2) is 29.3 Å². The number of alkyl halides is 4. The molecule has 35 heavy (non-hydrogen) atoms. The molecule has 0 saturated carbocycles. The molecule has 0 amide bonds. The van der Waals surface area contributed by atoms with Crippen molar-refractivity contribution < 1.29 is 41.4 Å². The zero-order valence-corrected chi connectivity index (χ0v) is 19.5. The number of nitrogens with zero attached hydrogens (tertiary/aromatic N) is 4. The number of esters is 2. The van der Waals surface area contributed by atoms with E-state index in [1.807, 2.05) is 0 Å². The Kier molecular flexibility index (Phi) is 7.59. The van der Waals surface area contributed by atoms with Crippen molar-refractivity contribution in [1.29, 1.82) is 0 Å². The monoisotopic (exact) mass is 527 g/mol. The predicted molar refractivity (Wildman–Crippen MR) is 112 cm³/mol. The highest BCUT2D eigenvalue weighted by Crippen LogP contribution is 2.38. The summed E-state index contributed by atoms with van der Waals surface area (Å²) < 4.78 is 71.4. The Labute approximate surface area is 200 Å². The van der Waals surface area contributed by atoms with Crippen LogP contribution >= 0.6 is 11.6 Å². The molecule has 0 bridgehead atoms. The van der Waals surface area contributed by atoms with Gasteiger partial charge in [-0.15, -0.1) is 0 Å². The van der Waals surface area contributed by atoms with Gasteiger partial charge in [-0.1, -0.05) is 18.5 Å². The number of aromatic nitrogens is 4. The fraction of sp³-hybridized carbons (Fsp3) is 0.632. The SMILES string of the molecule is CC[C@H](OC(C)=O)[C@H]1O[C@@H](n2c(=O)n(CCC(F)(F)F)c3c(Cl)nc(N)nc32)[C@H](OC(C)=O)[C@H]1F. The number of aryl methyl sites for hydroxylation is 1. The third kappa shape index (κ3) is 5.50. The number of hydrogen-bond acceptors (Lipinski definition) is 9. The van der Waals surface area contributed by atoms with E-state index in [4.69, 9.17) is 31.5 Å². The molecule has 0 aromatic carbocycles. The van der Waals surface area contributed by atoms with Gasteiger partial charge >= 0.3 is 23.8 Å². The third-order valence-corrected chi connectivity index (χ3v) is 5.51. The van der Waals surface area contributed by atoms with Crippen molar-refractivity contribution in [1.82, 2.24) is 19.1 Å². The van der Waals surface area contributed by atoms with E-state index in [2.05, 4.69) is 9.97 Å². The quantitative estimate of drug-likeness (QED) is 0.326. The van der Waals surface area contributed by atoms with Crippen LogP contribution in [-0.4, -0.2) is 61.7 Å². The lowest BCUT2D eigenvalue weighted by Gasteiger charge is -2.23. The van der Waals surface area contributed by atoms with Gasteiger partial charge in [-0.3, -0.25) is 14.2 Å². The Balaban J connectivity index is 2.19. The van der Waals surface area contributed by atoms with Crippen LogP contribution < -0.4 is 11.4 Å². The van der Waals surface area contributed by atoms with E-state index < -0.39 is 78.6 Å². The second kappa shape index (κ2) is 9.97. The van der Waals surface area contributed by atoms with Crippen LogP contribution in [-0.2, 0) is 30.3 Å². The number of nitrogen functional groups attached to an aromatic ring is 1. The zero-order chi connectivity index (χ0) is 26.2. The van der Waals surface area contributed by atoms with Gasteiger partial charge in [-0.05, 0) is 6.42 Å². The van der Waals surface area contributed by atoms with Crippen molar-refractivity contribution in [2.45, 2.75) is 77.0 Å². The molecule has 194 valence electrons. The molecule has 5 atom stereocenters. The number of rotatable bonds is 7. The lowest BCUT2D eigenvalue weighted by atomic mass is 10.0. The van der Waals surface area contributed by atoms with Gasteiger partial charge in [0, 0.05) is 20.4 Å². The van der Waals surface area contributed by atoms with Crippen molar-refractivity contribution in [3.63, 3.8) is 0 Å². The Morgan fingerprint density at radius 3 is 2.46 bits per heavy atom. The first-order chi connectivity index (χ1) is 16.2. The summed E-state index contributed by atoms with van der Waals surface area (Å²) in [6.45, 7) is 2.82. The van der Waals surface area contributed by atoms with E-state index in [-0.39, 0.29) is 17.6 Å². The van der Waals surface area contributed by atoms with E-state index in [1.165, 1.54) is 0 Å². The maximum Gasteiger partial charge on any atom is 0.390 e. The highest BCUT2D eigenvalue weighted by molar-refractivity contribution is 6.33. The van der Waals surface area contributed by atoms with Gasteiger partial charge in [0.05, 0.1) is 6.42 Å². The molecule has 2 aromatic rings. The molecule has 1 aliphatic rings. The molecular weight excluding hydrogens is 506 g/mol. The van der Waals surface area contributed by atoms with Crippen LogP contribution in [0.25, 0.3) is 11.2 Å². The topological polar surface area (TPSA) is 141 Å².